The Hall–Kier alpha value is -3.00. The Kier molecular flexibility index (Phi) is 8.01. The Balaban J connectivity index is 1.71. The normalized spacial score (nSPS) is 9.77. The maximum atomic E-state index is 13.3. The van der Waals surface area contributed by atoms with E-state index in [2.05, 4.69) is 24.1 Å². The van der Waals surface area contributed by atoms with Gasteiger partial charge in [-0.2, -0.15) is 0 Å². The van der Waals surface area contributed by atoms with E-state index >= 15 is 0 Å². The zero-order valence-electron chi connectivity index (χ0n) is 14.8. The second-order valence-electron chi connectivity index (χ2n) is 5.48. The highest BCUT2D eigenvalue weighted by Crippen LogP contribution is 2.14. The van der Waals surface area contributed by atoms with E-state index in [1.165, 1.54) is 12.1 Å². The van der Waals surface area contributed by atoms with Gasteiger partial charge in [0.25, 0.3) is 5.91 Å². The summed E-state index contributed by atoms with van der Waals surface area (Å²) in [6.45, 7) is 3.02. The molecule has 0 aliphatic heterocycles. The van der Waals surface area contributed by atoms with E-state index in [4.69, 9.17) is 9.47 Å². The fourth-order valence-corrected chi connectivity index (χ4v) is 2.05. The lowest BCUT2D eigenvalue weighted by atomic mass is 10.2. The van der Waals surface area contributed by atoms with Crippen LogP contribution >= 0.6 is 0 Å². The largest absolute Gasteiger partial charge is 0.494 e. The Labute approximate surface area is 153 Å². The number of ether oxygens (including phenoxy) is 2. The lowest BCUT2D eigenvalue weighted by Crippen LogP contribution is -2.23. The van der Waals surface area contributed by atoms with Crippen molar-refractivity contribution in [1.29, 1.82) is 0 Å². The van der Waals surface area contributed by atoms with Gasteiger partial charge in [0.1, 0.15) is 12.4 Å². The van der Waals surface area contributed by atoms with Gasteiger partial charge in [-0.15, -0.1) is 0 Å². The van der Waals surface area contributed by atoms with Crippen molar-refractivity contribution < 1.29 is 18.7 Å². The van der Waals surface area contributed by atoms with Crippen molar-refractivity contribution in [3.05, 3.63) is 59.9 Å². The van der Waals surface area contributed by atoms with E-state index in [1.54, 1.807) is 36.4 Å². The van der Waals surface area contributed by atoms with Crippen molar-refractivity contribution in [2.45, 2.75) is 19.8 Å². The standard InChI is InChI=1S/C21H22FNO3/c1-2-3-15-25-18-12-10-17(11-13-18)21(24)23-14-6-7-16-26-20-9-5-4-8-19(20)22/h4-5,8-13H,2-3,14-16H2,1H3,(H,23,24). The smallest absolute Gasteiger partial charge is 0.252 e. The van der Waals surface area contributed by atoms with Crippen LogP contribution in [0.25, 0.3) is 0 Å². The summed E-state index contributed by atoms with van der Waals surface area (Å²) in [6.07, 6.45) is 2.08. The Morgan fingerprint density at radius 1 is 1.08 bits per heavy atom. The van der Waals surface area contributed by atoms with Crippen LogP contribution in [0.2, 0.25) is 0 Å². The monoisotopic (exact) mass is 355 g/mol. The van der Waals surface area contributed by atoms with Gasteiger partial charge in [0.05, 0.1) is 13.2 Å². The Bertz CT molecular complexity index is 763. The van der Waals surface area contributed by atoms with E-state index in [0.29, 0.717) is 12.2 Å². The molecule has 0 saturated heterocycles. The lowest BCUT2D eigenvalue weighted by Gasteiger charge is -2.06. The second-order valence-corrected chi connectivity index (χ2v) is 5.48. The molecule has 0 spiro atoms. The van der Waals surface area contributed by atoms with Crippen LogP contribution in [-0.4, -0.2) is 25.7 Å². The third-order valence-corrected chi connectivity index (χ3v) is 3.48. The maximum Gasteiger partial charge on any atom is 0.252 e. The lowest BCUT2D eigenvalue weighted by molar-refractivity contribution is 0.0958. The van der Waals surface area contributed by atoms with Gasteiger partial charge < -0.3 is 14.8 Å². The van der Waals surface area contributed by atoms with Gasteiger partial charge in [0, 0.05) is 5.56 Å². The number of para-hydroxylation sites is 1. The van der Waals surface area contributed by atoms with Crippen molar-refractivity contribution in [2.24, 2.45) is 0 Å². The highest BCUT2D eigenvalue weighted by Gasteiger charge is 2.04. The van der Waals surface area contributed by atoms with Gasteiger partial charge in [-0.25, -0.2) is 4.39 Å². The molecule has 5 heteroatoms. The second kappa shape index (κ2) is 10.8. The molecule has 1 amide bonds. The number of unbranched alkanes of at least 4 members (excludes halogenated alkanes) is 1. The average Bonchev–Trinajstić information content (AvgIpc) is 2.66. The zero-order chi connectivity index (χ0) is 18.6. The first-order valence-corrected chi connectivity index (χ1v) is 8.55. The first-order valence-electron chi connectivity index (χ1n) is 8.55. The summed E-state index contributed by atoms with van der Waals surface area (Å²) < 4.78 is 24.1. The van der Waals surface area contributed by atoms with Gasteiger partial charge in [-0.3, -0.25) is 4.79 Å². The molecule has 0 radical (unpaired) electrons. The molecule has 1 N–H and O–H groups in total. The van der Waals surface area contributed by atoms with Crippen molar-refractivity contribution in [2.75, 3.05) is 19.8 Å². The van der Waals surface area contributed by atoms with Crippen LogP contribution in [0.1, 0.15) is 30.1 Å². The summed E-state index contributed by atoms with van der Waals surface area (Å²) in [5.41, 5.74) is 0.539. The number of rotatable bonds is 8. The predicted octanol–water partition coefficient (Wildman–Crippen LogP) is 3.82. The molecule has 136 valence electrons. The van der Waals surface area contributed by atoms with Gasteiger partial charge in [-0.05, 0) is 42.8 Å². The molecule has 2 aromatic carbocycles. The molecule has 0 fully saturated rings. The molecule has 26 heavy (non-hydrogen) atoms. The van der Waals surface area contributed by atoms with Crippen molar-refractivity contribution in [3.8, 4) is 23.3 Å². The summed E-state index contributed by atoms with van der Waals surface area (Å²) in [6, 6.07) is 13.1. The number of hydrogen-bond donors (Lipinski definition) is 1. The van der Waals surface area contributed by atoms with Crippen molar-refractivity contribution >= 4 is 5.91 Å². The average molecular weight is 355 g/mol. The molecule has 2 aromatic rings. The van der Waals surface area contributed by atoms with E-state index in [9.17, 15) is 9.18 Å². The molecule has 0 heterocycles. The molecule has 0 aromatic heterocycles. The fraction of sp³-hybridized carbons (Fsp3) is 0.286. The van der Waals surface area contributed by atoms with Crippen LogP contribution in [0.5, 0.6) is 11.5 Å². The first-order chi connectivity index (χ1) is 12.7. The predicted molar refractivity (Wildman–Crippen MR) is 98.8 cm³/mol. The molecule has 0 unspecified atom stereocenters. The molecule has 4 nitrogen and oxygen atoms in total. The van der Waals surface area contributed by atoms with E-state index in [0.717, 1.165) is 18.6 Å². The van der Waals surface area contributed by atoms with Crippen LogP contribution in [0.3, 0.4) is 0 Å². The number of carbonyl (C=O) groups excluding carboxylic acids is 1. The Morgan fingerprint density at radius 3 is 2.58 bits per heavy atom. The molecular weight excluding hydrogens is 333 g/mol. The summed E-state index contributed by atoms with van der Waals surface area (Å²) in [5, 5.41) is 2.70. The highest BCUT2D eigenvalue weighted by molar-refractivity contribution is 5.94. The van der Waals surface area contributed by atoms with E-state index < -0.39 is 5.82 Å². The quantitative estimate of drug-likeness (QED) is 0.578. The molecule has 0 saturated carbocycles. The van der Waals surface area contributed by atoms with E-state index in [-0.39, 0.29) is 24.8 Å². The summed E-state index contributed by atoms with van der Waals surface area (Å²) in [7, 11) is 0. The minimum absolute atomic E-state index is 0.0562. The van der Waals surface area contributed by atoms with Crippen LogP contribution in [-0.2, 0) is 0 Å². The van der Waals surface area contributed by atoms with Gasteiger partial charge >= 0.3 is 0 Å². The molecule has 0 aliphatic rings. The van der Waals surface area contributed by atoms with Crippen molar-refractivity contribution in [3.63, 3.8) is 0 Å². The summed E-state index contributed by atoms with van der Waals surface area (Å²) >= 11 is 0. The van der Waals surface area contributed by atoms with Crippen LogP contribution in [0.4, 0.5) is 4.39 Å². The fourth-order valence-electron chi connectivity index (χ4n) is 2.05. The first kappa shape index (κ1) is 19.3. The van der Waals surface area contributed by atoms with Gasteiger partial charge in [-0.1, -0.05) is 37.3 Å². The molecule has 0 aliphatic carbocycles. The van der Waals surface area contributed by atoms with Gasteiger partial charge in [0.15, 0.2) is 11.6 Å². The van der Waals surface area contributed by atoms with Gasteiger partial charge in [0.2, 0.25) is 0 Å². The van der Waals surface area contributed by atoms with Crippen LogP contribution < -0.4 is 14.8 Å². The number of halogens is 1. The number of carbonyl (C=O) groups is 1. The summed E-state index contributed by atoms with van der Waals surface area (Å²) in [5.74, 6) is 5.77. The van der Waals surface area contributed by atoms with Crippen molar-refractivity contribution in [1.82, 2.24) is 5.32 Å². The third-order valence-electron chi connectivity index (χ3n) is 3.48. The van der Waals surface area contributed by atoms with Crippen LogP contribution in [0.15, 0.2) is 48.5 Å². The maximum absolute atomic E-state index is 13.3. The number of benzene rings is 2. The zero-order valence-corrected chi connectivity index (χ0v) is 14.8. The topological polar surface area (TPSA) is 47.6 Å². The molecular formula is C21H22FNO3. The molecule has 2 rings (SSSR count). The number of hydrogen-bond acceptors (Lipinski definition) is 3. The van der Waals surface area contributed by atoms with Crippen LogP contribution in [0, 0.1) is 17.7 Å². The molecule has 0 bridgehead atoms. The Morgan fingerprint density at radius 2 is 1.85 bits per heavy atom. The number of nitrogens with one attached hydrogen (secondary N) is 1. The third kappa shape index (κ3) is 6.48. The van der Waals surface area contributed by atoms with E-state index in [1.807, 2.05) is 0 Å². The minimum Gasteiger partial charge on any atom is -0.494 e. The SMILES string of the molecule is CCCCOc1ccc(C(=O)NCC#CCOc2ccccc2F)cc1. The number of amides is 1. The molecule has 0 atom stereocenters. The highest BCUT2D eigenvalue weighted by atomic mass is 19.1. The summed E-state index contributed by atoms with van der Waals surface area (Å²) in [4.78, 5) is 12.0. The minimum atomic E-state index is -0.426.